The average Bonchev–Trinajstić information content (AvgIpc) is 2.61. The third kappa shape index (κ3) is 5.58. The number of para-hydroxylation sites is 1. The minimum absolute atomic E-state index is 0.0785. The minimum Gasteiger partial charge on any atom is -0.535 e. The van der Waals surface area contributed by atoms with Crippen molar-refractivity contribution in [3.63, 3.8) is 0 Å². The third-order valence-electron chi connectivity index (χ3n) is 4.45. The molecular weight excluding hydrogens is 363 g/mol. The molecule has 0 saturated heterocycles. The first-order valence-electron chi connectivity index (χ1n) is 9.46. The number of ketones is 1. The van der Waals surface area contributed by atoms with Gasteiger partial charge >= 0.3 is 19.1 Å². The molecule has 0 aromatic heterocycles. The summed E-state index contributed by atoms with van der Waals surface area (Å²) in [5.74, 6) is -1.24. The van der Waals surface area contributed by atoms with E-state index in [-0.39, 0.29) is 29.3 Å². The standard InChI is InChI=1S/C20H27BO7/c1-5-7-15(22)11-14-10-13-8-6-9-16(17(13)28-21(14)25)18(23)26-12-27-19(24)20(2,3)4/h6,8-9,14,25H,5,7,10-12H2,1-4H3/t14-/m1/s1. The fraction of sp³-hybridized carbons (Fsp3) is 0.550. The molecule has 1 heterocycles. The normalized spacial score (nSPS) is 16.0. The van der Waals surface area contributed by atoms with Crippen molar-refractivity contribution >= 4 is 24.8 Å². The first-order chi connectivity index (χ1) is 13.1. The molecule has 0 saturated carbocycles. The Labute approximate surface area is 165 Å². The Morgan fingerprint density at radius 1 is 1.25 bits per heavy atom. The van der Waals surface area contributed by atoms with Gasteiger partial charge in [-0.2, -0.15) is 0 Å². The van der Waals surface area contributed by atoms with Crippen LogP contribution in [-0.2, 0) is 25.5 Å². The largest absolute Gasteiger partial charge is 0.535 e. The summed E-state index contributed by atoms with van der Waals surface area (Å²) in [6, 6.07) is 4.99. The van der Waals surface area contributed by atoms with E-state index in [4.69, 9.17) is 14.1 Å². The molecule has 0 radical (unpaired) electrons. The Kier molecular flexibility index (Phi) is 7.24. The molecule has 8 heteroatoms. The monoisotopic (exact) mass is 390 g/mol. The number of carbonyl (C=O) groups excluding carboxylic acids is 3. The Bertz CT molecular complexity index is 739. The van der Waals surface area contributed by atoms with Gasteiger partial charge in [-0.3, -0.25) is 9.59 Å². The van der Waals surface area contributed by atoms with Gasteiger partial charge in [0, 0.05) is 18.7 Å². The first kappa shape index (κ1) is 21.9. The van der Waals surface area contributed by atoms with Crippen LogP contribution in [0.1, 0.15) is 62.9 Å². The highest BCUT2D eigenvalue weighted by atomic mass is 16.7. The molecule has 1 aromatic rings. The predicted molar refractivity (Wildman–Crippen MR) is 103 cm³/mol. The second-order valence-corrected chi connectivity index (χ2v) is 7.99. The van der Waals surface area contributed by atoms with Crippen LogP contribution in [0.5, 0.6) is 5.75 Å². The number of Topliss-reactive ketones (excluding diaryl/α,β-unsaturated/α-hetero) is 1. The molecular formula is C20H27BO7. The van der Waals surface area contributed by atoms with Gasteiger partial charge in [-0.05, 0) is 45.2 Å². The maximum atomic E-state index is 12.4. The van der Waals surface area contributed by atoms with Crippen LogP contribution in [0, 0.1) is 5.41 Å². The van der Waals surface area contributed by atoms with Crippen LogP contribution in [0.25, 0.3) is 0 Å². The zero-order valence-electron chi connectivity index (χ0n) is 16.8. The fourth-order valence-corrected chi connectivity index (χ4v) is 2.92. The number of carbonyl (C=O) groups is 3. The summed E-state index contributed by atoms with van der Waals surface area (Å²) in [6.07, 6.45) is 1.88. The Morgan fingerprint density at radius 2 is 1.96 bits per heavy atom. The van der Waals surface area contributed by atoms with Crippen LogP contribution in [0.2, 0.25) is 5.82 Å². The van der Waals surface area contributed by atoms with Crippen molar-refractivity contribution in [3.05, 3.63) is 29.3 Å². The van der Waals surface area contributed by atoms with Gasteiger partial charge in [0.25, 0.3) is 0 Å². The molecule has 1 N–H and O–H groups in total. The number of fused-ring (bicyclic) bond motifs is 1. The first-order valence-corrected chi connectivity index (χ1v) is 9.46. The van der Waals surface area contributed by atoms with Crippen LogP contribution < -0.4 is 4.65 Å². The Balaban J connectivity index is 2.04. The summed E-state index contributed by atoms with van der Waals surface area (Å²) in [7, 11) is -1.18. The second-order valence-electron chi connectivity index (χ2n) is 7.99. The summed E-state index contributed by atoms with van der Waals surface area (Å²) < 4.78 is 15.5. The highest BCUT2D eigenvalue weighted by Crippen LogP contribution is 2.36. The summed E-state index contributed by atoms with van der Waals surface area (Å²) >= 11 is 0. The molecule has 2 rings (SSSR count). The predicted octanol–water partition coefficient (Wildman–Crippen LogP) is 2.94. The lowest BCUT2D eigenvalue weighted by Gasteiger charge is -2.28. The van der Waals surface area contributed by atoms with Crippen molar-refractivity contribution < 1.29 is 33.5 Å². The van der Waals surface area contributed by atoms with Crippen molar-refractivity contribution in [1.82, 2.24) is 0 Å². The van der Waals surface area contributed by atoms with Crippen molar-refractivity contribution in [3.8, 4) is 5.75 Å². The number of esters is 2. The Hall–Kier alpha value is -2.35. The van der Waals surface area contributed by atoms with E-state index in [1.54, 1.807) is 32.9 Å². The van der Waals surface area contributed by atoms with Gasteiger partial charge in [0.2, 0.25) is 6.79 Å². The zero-order valence-corrected chi connectivity index (χ0v) is 16.8. The molecule has 0 aliphatic carbocycles. The smallest absolute Gasteiger partial charge is 0.526 e. The lowest BCUT2D eigenvalue weighted by molar-refractivity contribution is -0.161. The van der Waals surface area contributed by atoms with Gasteiger partial charge < -0.3 is 19.2 Å². The summed E-state index contributed by atoms with van der Waals surface area (Å²) in [4.78, 5) is 36.0. The van der Waals surface area contributed by atoms with Gasteiger partial charge in [0.05, 0.1) is 5.41 Å². The van der Waals surface area contributed by atoms with Crippen LogP contribution in [0.3, 0.4) is 0 Å². The number of hydrogen-bond donors (Lipinski definition) is 1. The highest BCUT2D eigenvalue weighted by Gasteiger charge is 2.37. The zero-order chi connectivity index (χ0) is 20.9. The molecule has 28 heavy (non-hydrogen) atoms. The van der Waals surface area contributed by atoms with E-state index < -0.39 is 31.3 Å². The van der Waals surface area contributed by atoms with E-state index >= 15 is 0 Å². The van der Waals surface area contributed by atoms with E-state index in [1.807, 2.05) is 6.92 Å². The van der Waals surface area contributed by atoms with Gasteiger partial charge in [-0.25, -0.2) is 4.79 Å². The van der Waals surface area contributed by atoms with E-state index in [0.29, 0.717) is 12.8 Å². The summed E-state index contributed by atoms with van der Waals surface area (Å²) in [6.45, 7) is 6.51. The number of hydrogen-bond acceptors (Lipinski definition) is 7. The van der Waals surface area contributed by atoms with Gasteiger partial charge in [-0.1, -0.05) is 19.1 Å². The lowest BCUT2D eigenvalue weighted by Crippen LogP contribution is -2.36. The van der Waals surface area contributed by atoms with Crippen LogP contribution in [-0.4, -0.2) is 36.7 Å². The summed E-state index contributed by atoms with van der Waals surface area (Å²) in [5, 5.41) is 10.3. The second kappa shape index (κ2) is 9.23. The molecule has 0 amide bonds. The van der Waals surface area contributed by atoms with Gasteiger partial charge in [0.15, 0.2) is 0 Å². The quantitative estimate of drug-likeness (QED) is 0.434. The molecule has 7 nitrogen and oxygen atoms in total. The highest BCUT2D eigenvalue weighted by molar-refractivity contribution is 6.47. The van der Waals surface area contributed by atoms with Crippen LogP contribution >= 0.6 is 0 Å². The van der Waals surface area contributed by atoms with Crippen molar-refractivity contribution in [1.29, 1.82) is 0 Å². The molecule has 0 fully saturated rings. The van der Waals surface area contributed by atoms with Crippen LogP contribution in [0.15, 0.2) is 18.2 Å². The maximum Gasteiger partial charge on any atom is 0.526 e. The SMILES string of the molecule is CCCC(=O)C[C@H]1Cc2cccc(C(=O)OCOC(=O)C(C)(C)C)c2OB1O. The molecule has 1 aliphatic heterocycles. The average molecular weight is 390 g/mol. The van der Waals surface area contributed by atoms with Crippen molar-refractivity contribution in [2.45, 2.75) is 59.2 Å². The fourth-order valence-electron chi connectivity index (χ4n) is 2.92. The number of rotatable bonds is 7. The van der Waals surface area contributed by atoms with Crippen molar-refractivity contribution in [2.24, 2.45) is 5.41 Å². The third-order valence-corrected chi connectivity index (χ3v) is 4.45. The van der Waals surface area contributed by atoms with Gasteiger partial charge in [0.1, 0.15) is 17.1 Å². The van der Waals surface area contributed by atoms with E-state index in [2.05, 4.69) is 0 Å². The minimum atomic E-state index is -1.18. The van der Waals surface area contributed by atoms with E-state index in [1.165, 1.54) is 6.07 Å². The molecule has 152 valence electrons. The molecule has 1 atom stereocenters. The van der Waals surface area contributed by atoms with Crippen LogP contribution in [0.4, 0.5) is 0 Å². The van der Waals surface area contributed by atoms with E-state index in [0.717, 1.165) is 12.0 Å². The molecule has 0 unspecified atom stereocenters. The molecule has 1 aromatic carbocycles. The van der Waals surface area contributed by atoms with E-state index in [9.17, 15) is 19.4 Å². The topological polar surface area (TPSA) is 99.1 Å². The molecule has 1 aliphatic rings. The molecule has 0 bridgehead atoms. The Morgan fingerprint density at radius 3 is 2.61 bits per heavy atom. The molecule has 0 spiro atoms. The van der Waals surface area contributed by atoms with Gasteiger partial charge in [-0.15, -0.1) is 0 Å². The maximum absolute atomic E-state index is 12.4. The number of ether oxygens (including phenoxy) is 2. The lowest BCUT2D eigenvalue weighted by atomic mass is 9.64. The number of benzene rings is 1. The van der Waals surface area contributed by atoms with Crippen molar-refractivity contribution in [2.75, 3.05) is 6.79 Å². The summed E-state index contributed by atoms with van der Waals surface area (Å²) in [5.41, 5.74) is 0.165.